The van der Waals surface area contributed by atoms with Crippen LogP contribution in [0.15, 0.2) is 54.6 Å². The zero-order chi connectivity index (χ0) is 18.9. The van der Waals surface area contributed by atoms with Gasteiger partial charge in [-0.15, -0.1) is 0 Å². The second-order valence-electron chi connectivity index (χ2n) is 7.31. The summed E-state index contributed by atoms with van der Waals surface area (Å²) in [5, 5.41) is 4.03. The molecule has 0 bridgehead atoms. The Morgan fingerprint density at radius 3 is 2.67 bits per heavy atom. The third-order valence-corrected chi connectivity index (χ3v) is 4.85. The van der Waals surface area contributed by atoms with Gasteiger partial charge in [-0.3, -0.25) is 4.79 Å². The maximum Gasteiger partial charge on any atom is 0.269 e. The van der Waals surface area contributed by atoms with Gasteiger partial charge in [0, 0.05) is 17.3 Å². The molecule has 0 radical (unpaired) electrons. The van der Waals surface area contributed by atoms with Gasteiger partial charge in [-0.1, -0.05) is 44.2 Å². The summed E-state index contributed by atoms with van der Waals surface area (Å²) in [6.45, 7) is 5.80. The molecule has 0 atom stereocenters. The number of para-hydroxylation sites is 1. The SMILES string of the molecule is CC(C)(CNC(=O)c1ccc2ccccc2n1)c1ccc2c(c1)OCCO2. The second-order valence-corrected chi connectivity index (χ2v) is 7.31. The molecular formula is C22H22N2O3. The van der Waals surface area contributed by atoms with Crippen LogP contribution >= 0.6 is 0 Å². The molecule has 1 aliphatic rings. The number of nitrogens with zero attached hydrogens (tertiary/aromatic N) is 1. The number of ether oxygens (including phenoxy) is 2. The van der Waals surface area contributed by atoms with E-state index in [0.717, 1.165) is 28.0 Å². The van der Waals surface area contributed by atoms with E-state index < -0.39 is 0 Å². The molecule has 2 aromatic carbocycles. The first-order chi connectivity index (χ1) is 13.0. The van der Waals surface area contributed by atoms with Crippen molar-refractivity contribution in [2.45, 2.75) is 19.3 Å². The lowest BCUT2D eigenvalue weighted by atomic mass is 9.84. The summed E-state index contributed by atoms with van der Waals surface area (Å²) in [6.07, 6.45) is 0. The van der Waals surface area contributed by atoms with Gasteiger partial charge in [0.15, 0.2) is 11.5 Å². The molecule has 4 rings (SSSR count). The number of benzene rings is 2. The molecule has 2 heterocycles. The van der Waals surface area contributed by atoms with Crippen molar-refractivity contribution < 1.29 is 14.3 Å². The normalized spacial score (nSPS) is 13.4. The zero-order valence-corrected chi connectivity index (χ0v) is 15.5. The first kappa shape index (κ1) is 17.3. The molecule has 5 heteroatoms. The summed E-state index contributed by atoms with van der Waals surface area (Å²) in [4.78, 5) is 17.0. The average Bonchev–Trinajstić information content (AvgIpc) is 2.71. The maximum atomic E-state index is 12.6. The molecule has 0 fully saturated rings. The molecule has 0 unspecified atom stereocenters. The second kappa shape index (κ2) is 6.91. The van der Waals surface area contributed by atoms with Crippen molar-refractivity contribution in [1.82, 2.24) is 10.3 Å². The number of aromatic nitrogens is 1. The van der Waals surface area contributed by atoms with Gasteiger partial charge in [-0.2, -0.15) is 0 Å². The smallest absolute Gasteiger partial charge is 0.269 e. The fourth-order valence-corrected chi connectivity index (χ4v) is 3.15. The van der Waals surface area contributed by atoms with Crippen molar-refractivity contribution in [2.24, 2.45) is 0 Å². The Morgan fingerprint density at radius 2 is 1.81 bits per heavy atom. The molecular weight excluding hydrogens is 340 g/mol. The van der Waals surface area contributed by atoms with Gasteiger partial charge < -0.3 is 14.8 Å². The summed E-state index contributed by atoms with van der Waals surface area (Å²) in [5.74, 6) is 1.35. The lowest BCUT2D eigenvalue weighted by Crippen LogP contribution is -2.37. The fourth-order valence-electron chi connectivity index (χ4n) is 3.15. The molecule has 0 saturated carbocycles. The topological polar surface area (TPSA) is 60.5 Å². The van der Waals surface area contributed by atoms with Crippen LogP contribution in [0.2, 0.25) is 0 Å². The number of carbonyl (C=O) groups is 1. The predicted octanol–water partition coefficient (Wildman–Crippen LogP) is 3.71. The van der Waals surface area contributed by atoms with Crippen LogP contribution in [-0.2, 0) is 5.41 Å². The Balaban J connectivity index is 1.48. The summed E-state index contributed by atoms with van der Waals surface area (Å²) in [7, 11) is 0. The molecule has 138 valence electrons. The molecule has 1 N–H and O–H groups in total. The van der Waals surface area contributed by atoms with Crippen molar-refractivity contribution in [3.05, 3.63) is 65.9 Å². The van der Waals surface area contributed by atoms with E-state index in [0.29, 0.717) is 25.5 Å². The molecule has 0 saturated heterocycles. The van der Waals surface area contributed by atoms with Gasteiger partial charge in [-0.05, 0) is 29.8 Å². The molecule has 1 amide bonds. The summed E-state index contributed by atoms with van der Waals surface area (Å²) in [6, 6.07) is 17.4. The number of hydrogen-bond donors (Lipinski definition) is 1. The first-order valence-corrected chi connectivity index (χ1v) is 9.07. The number of amides is 1. The lowest BCUT2D eigenvalue weighted by molar-refractivity contribution is 0.0941. The summed E-state index contributed by atoms with van der Waals surface area (Å²) < 4.78 is 11.3. The van der Waals surface area contributed by atoms with E-state index in [1.54, 1.807) is 6.07 Å². The molecule has 0 spiro atoms. The van der Waals surface area contributed by atoms with Gasteiger partial charge in [0.25, 0.3) is 5.91 Å². The van der Waals surface area contributed by atoms with Crippen molar-refractivity contribution in [1.29, 1.82) is 0 Å². The van der Waals surface area contributed by atoms with E-state index in [1.807, 2.05) is 48.5 Å². The highest BCUT2D eigenvalue weighted by molar-refractivity contribution is 5.94. The van der Waals surface area contributed by atoms with Crippen LogP contribution in [0.5, 0.6) is 11.5 Å². The van der Waals surface area contributed by atoms with Crippen LogP contribution in [0, 0.1) is 0 Å². The molecule has 27 heavy (non-hydrogen) atoms. The number of nitrogens with one attached hydrogen (secondary N) is 1. The Morgan fingerprint density at radius 1 is 1.04 bits per heavy atom. The monoisotopic (exact) mass is 362 g/mol. The minimum Gasteiger partial charge on any atom is -0.486 e. The minimum atomic E-state index is -0.262. The van der Waals surface area contributed by atoms with E-state index in [9.17, 15) is 4.79 Å². The van der Waals surface area contributed by atoms with E-state index >= 15 is 0 Å². The number of rotatable bonds is 4. The van der Waals surface area contributed by atoms with Gasteiger partial charge in [-0.25, -0.2) is 4.98 Å². The third-order valence-electron chi connectivity index (χ3n) is 4.85. The summed E-state index contributed by atoms with van der Waals surface area (Å²) >= 11 is 0. The third kappa shape index (κ3) is 3.58. The van der Waals surface area contributed by atoms with Crippen LogP contribution in [0.3, 0.4) is 0 Å². The first-order valence-electron chi connectivity index (χ1n) is 9.07. The number of hydrogen-bond acceptors (Lipinski definition) is 4. The van der Waals surface area contributed by atoms with Crippen LogP contribution in [0.1, 0.15) is 29.9 Å². The van der Waals surface area contributed by atoms with Crippen molar-refractivity contribution in [3.8, 4) is 11.5 Å². The Hall–Kier alpha value is -3.08. The predicted molar refractivity (Wildman–Crippen MR) is 105 cm³/mol. The molecule has 1 aliphatic heterocycles. The Kier molecular flexibility index (Phi) is 4.44. The molecule has 1 aromatic heterocycles. The summed E-state index contributed by atoms with van der Waals surface area (Å²) in [5.41, 5.74) is 2.06. The van der Waals surface area contributed by atoms with Crippen LogP contribution < -0.4 is 14.8 Å². The van der Waals surface area contributed by atoms with Gasteiger partial charge in [0.1, 0.15) is 18.9 Å². The largest absolute Gasteiger partial charge is 0.486 e. The Labute approximate surface area is 158 Å². The van der Waals surface area contributed by atoms with Gasteiger partial charge in [0.2, 0.25) is 0 Å². The highest BCUT2D eigenvalue weighted by Crippen LogP contribution is 2.34. The average molecular weight is 362 g/mol. The van der Waals surface area contributed by atoms with E-state index in [1.165, 1.54) is 0 Å². The fraction of sp³-hybridized carbons (Fsp3) is 0.273. The van der Waals surface area contributed by atoms with E-state index in [2.05, 4.69) is 24.1 Å². The number of carbonyl (C=O) groups excluding carboxylic acids is 1. The highest BCUT2D eigenvalue weighted by atomic mass is 16.6. The standard InChI is InChI=1S/C22H22N2O3/c1-22(2,16-8-10-19-20(13-16)27-12-11-26-19)14-23-21(25)18-9-7-15-5-3-4-6-17(15)24-18/h3-10,13H,11-12,14H2,1-2H3,(H,23,25). The molecule has 0 aliphatic carbocycles. The van der Waals surface area contributed by atoms with E-state index in [-0.39, 0.29) is 11.3 Å². The quantitative estimate of drug-likeness (QED) is 0.769. The molecule has 3 aromatic rings. The van der Waals surface area contributed by atoms with Crippen molar-refractivity contribution in [2.75, 3.05) is 19.8 Å². The zero-order valence-electron chi connectivity index (χ0n) is 15.5. The van der Waals surface area contributed by atoms with Crippen LogP contribution in [0.25, 0.3) is 10.9 Å². The highest BCUT2D eigenvalue weighted by Gasteiger charge is 2.24. The molecule has 5 nitrogen and oxygen atoms in total. The minimum absolute atomic E-state index is 0.175. The Bertz CT molecular complexity index is 998. The van der Waals surface area contributed by atoms with Gasteiger partial charge >= 0.3 is 0 Å². The van der Waals surface area contributed by atoms with E-state index in [4.69, 9.17) is 9.47 Å². The van der Waals surface area contributed by atoms with Crippen LogP contribution in [0.4, 0.5) is 0 Å². The number of pyridine rings is 1. The van der Waals surface area contributed by atoms with Gasteiger partial charge in [0.05, 0.1) is 5.52 Å². The number of fused-ring (bicyclic) bond motifs is 2. The maximum absolute atomic E-state index is 12.6. The van der Waals surface area contributed by atoms with Crippen molar-refractivity contribution >= 4 is 16.8 Å². The van der Waals surface area contributed by atoms with Crippen LogP contribution in [-0.4, -0.2) is 30.6 Å². The lowest BCUT2D eigenvalue weighted by Gasteiger charge is -2.27. The van der Waals surface area contributed by atoms with Crippen molar-refractivity contribution in [3.63, 3.8) is 0 Å².